The Bertz CT molecular complexity index is 2120. The van der Waals surface area contributed by atoms with E-state index in [0.717, 1.165) is 21.5 Å². The van der Waals surface area contributed by atoms with Crippen molar-refractivity contribution in [3.05, 3.63) is 139 Å². The van der Waals surface area contributed by atoms with Crippen LogP contribution >= 0.6 is 6.89 Å². The van der Waals surface area contributed by atoms with E-state index in [9.17, 15) is 19.2 Å². The SMILES string of the molecule is C=CCOC(=O)C(N1C(=O)[C@H]([C@@H](C)O[Si](C)(C)C(C)(C)C)[C@H]1CC(=O)c1ccc(CN2C(=O)CCC2=O)cc1)=P(c1ccccc1)(c1ccccc1)c1ccccc1. The highest BCUT2D eigenvalue weighted by molar-refractivity contribution is 7.96. The third-order valence-corrected chi connectivity index (χ3v) is 20.5. The number of carbonyl (C=O) groups excluding carboxylic acids is 5. The molecular weight excluding hydrogens is 764 g/mol. The first-order chi connectivity index (χ1) is 27.6. The zero-order chi connectivity index (χ0) is 41.8. The molecule has 2 aliphatic heterocycles. The van der Waals surface area contributed by atoms with Gasteiger partial charge < -0.3 is 14.1 Å². The van der Waals surface area contributed by atoms with Crippen molar-refractivity contribution in [2.45, 2.75) is 83.8 Å². The first kappa shape index (κ1) is 42.5. The van der Waals surface area contributed by atoms with Crippen molar-refractivity contribution < 1.29 is 33.1 Å². The largest absolute Gasteiger partial charge is 0.457 e. The molecule has 2 aliphatic rings. The molecule has 0 radical (unpaired) electrons. The van der Waals surface area contributed by atoms with E-state index in [2.05, 4.69) is 40.4 Å². The molecule has 0 aromatic heterocycles. The predicted octanol–water partition coefficient (Wildman–Crippen LogP) is 7.00. The van der Waals surface area contributed by atoms with E-state index < -0.39 is 39.2 Å². The number of amides is 3. The van der Waals surface area contributed by atoms with Crippen molar-refractivity contribution in [2.24, 2.45) is 5.92 Å². The number of nitrogens with zero attached hydrogens (tertiary/aromatic N) is 2. The van der Waals surface area contributed by atoms with E-state index in [0.29, 0.717) is 5.56 Å². The molecule has 2 fully saturated rings. The molecule has 2 heterocycles. The van der Waals surface area contributed by atoms with E-state index in [-0.39, 0.29) is 66.4 Å². The molecule has 9 nitrogen and oxygen atoms in total. The van der Waals surface area contributed by atoms with E-state index in [1.54, 1.807) is 29.2 Å². The topological polar surface area (TPSA) is 110 Å². The number of ether oxygens (including phenoxy) is 1. The average molecular weight is 817 g/mol. The highest BCUT2D eigenvalue weighted by atomic mass is 31.2. The van der Waals surface area contributed by atoms with Crippen molar-refractivity contribution >= 4 is 66.0 Å². The second kappa shape index (κ2) is 17.4. The van der Waals surface area contributed by atoms with E-state index >= 15 is 4.79 Å². The molecule has 2 saturated heterocycles. The molecule has 0 unspecified atom stereocenters. The van der Waals surface area contributed by atoms with Crippen LogP contribution in [0.3, 0.4) is 0 Å². The smallest absolute Gasteiger partial charge is 0.356 e. The monoisotopic (exact) mass is 816 g/mol. The van der Waals surface area contributed by atoms with Crippen LogP contribution in [0.2, 0.25) is 18.1 Å². The van der Waals surface area contributed by atoms with Crippen LogP contribution in [0, 0.1) is 5.92 Å². The minimum Gasteiger partial charge on any atom is -0.457 e. The van der Waals surface area contributed by atoms with Gasteiger partial charge in [-0.3, -0.25) is 24.1 Å². The number of β-lactam (4-membered cyclic amide) rings is 1. The number of hydrogen-bond donors (Lipinski definition) is 0. The molecule has 302 valence electrons. The molecule has 3 amide bonds. The normalized spacial score (nSPS) is 17.8. The van der Waals surface area contributed by atoms with Crippen LogP contribution in [0.1, 0.15) is 62.9 Å². The second-order valence-corrected chi connectivity index (χ2v) is 24.5. The number of benzene rings is 4. The molecular formula is C47H53N2O7PSi. The minimum atomic E-state index is -3.22. The molecule has 4 aromatic carbocycles. The summed E-state index contributed by atoms with van der Waals surface area (Å²) in [4.78, 5) is 72.0. The van der Waals surface area contributed by atoms with Gasteiger partial charge in [0.1, 0.15) is 12.0 Å². The minimum absolute atomic E-state index is 0.0817. The maximum atomic E-state index is 15.1. The number of esters is 1. The first-order valence-electron chi connectivity index (χ1n) is 19.8. The van der Waals surface area contributed by atoms with Gasteiger partial charge in [-0.1, -0.05) is 149 Å². The van der Waals surface area contributed by atoms with Crippen molar-refractivity contribution in [1.29, 1.82) is 0 Å². The fourth-order valence-corrected chi connectivity index (χ4v) is 13.6. The number of Topliss-reactive ketones (excluding diaryl/α,β-unsaturated/α-hetero) is 1. The zero-order valence-electron chi connectivity index (χ0n) is 34.2. The highest BCUT2D eigenvalue weighted by Crippen LogP contribution is 2.51. The molecule has 0 bridgehead atoms. The van der Waals surface area contributed by atoms with E-state index in [1.165, 1.54) is 11.0 Å². The highest BCUT2D eigenvalue weighted by Gasteiger charge is 2.57. The summed E-state index contributed by atoms with van der Waals surface area (Å²) in [6.07, 6.45) is 1.24. The second-order valence-electron chi connectivity index (χ2n) is 16.5. The number of carbonyl (C=O) groups is 5. The van der Waals surface area contributed by atoms with E-state index in [1.807, 2.05) is 97.9 Å². The standard InChI is InChI=1S/C47H53N2O7PSi/c1-8-30-55-46(54)45(57(36-18-12-9-13-19-36,37-20-14-10-15-21-37)38-22-16-11-17-23-38)49-39(43(44(49)53)33(2)56-58(6,7)47(3,4)5)31-40(50)35-26-24-34(25-27-35)32-48-41(51)28-29-42(48)52/h8-27,33,39,43H,1,28-32H2,2-7H3/t33-,39-,43-/m1/s1. The van der Waals surface area contributed by atoms with Crippen LogP contribution in [0.5, 0.6) is 0 Å². The van der Waals surface area contributed by atoms with Gasteiger partial charge in [-0.05, 0) is 46.5 Å². The summed E-state index contributed by atoms with van der Waals surface area (Å²) in [7, 11) is -2.40. The van der Waals surface area contributed by atoms with Crippen LogP contribution in [0.15, 0.2) is 128 Å². The summed E-state index contributed by atoms with van der Waals surface area (Å²) in [6.45, 7) is 13.2. The van der Waals surface area contributed by atoms with Gasteiger partial charge in [0.15, 0.2) is 14.1 Å². The summed E-state index contributed by atoms with van der Waals surface area (Å²) in [6, 6.07) is 35.4. The molecule has 4 aromatic rings. The van der Waals surface area contributed by atoms with Crippen molar-refractivity contribution in [3.63, 3.8) is 0 Å². The van der Waals surface area contributed by atoms with Gasteiger partial charge in [-0.2, -0.15) is 0 Å². The van der Waals surface area contributed by atoms with Gasteiger partial charge in [-0.15, -0.1) is 0 Å². The fourth-order valence-electron chi connectivity index (χ4n) is 7.73. The lowest BCUT2D eigenvalue weighted by molar-refractivity contribution is -0.156. The Morgan fingerprint density at radius 2 is 1.29 bits per heavy atom. The van der Waals surface area contributed by atoms with Crippen LogP contribution in [-0.2, 0) is 34.9 Å². The van der Waals surface area contributed by atoms with Gasteiger partial charge >= 0.3 is 5.97 Å². The van der Waals surface area contributed by atoms with Crippen LogP contribution < -0.4 is 15.9 Å². The Balaban J connectivity index is 1.54. The third kappa shape index (κ3) is 8.24. The van der Waals surface area contributed by atoms with Crippen molar-refractivity contribution in [1.82, 2.24) is 9.80 Å². The molecule has 6 rings (SSSR count). The van der Waals surface area contributed by atoms with E-state index in [4.69, 9.17) is 9.16 Å². The Hall–Kier alpha value is -5.15. The third-order valence-electron chi connectivity index (χ3n) is 11.7. The molecule has 0 aliphatic carbocycles. The maximum absolute atomic E-state index is 15.1. The first-order valence-corrected chi connectivity index (χ1v) is 24.5. The van der Waals surface area contributed by atoms with Crippen LogP contribution in [0.4, 0.5) is 0 Å². The van der Waals surface area contributed by atoms with Crippen molar-refractivity contribution in [2.75, 3.05) is 6.61 Å². The Morgan fingerprint density at radius 1 is 0.810 bits per heavy atom. The molecule has 0 N–H and O–H groups in total. The van der Waals surface area contributed by atoms with Gasteiger partial charge in [0, 0.05) is 31.7 Å². The fraction of sp³-hybridized carbons (Fsp3) is 0.319. The molecule has 11 heteroatoms. The summed E-state index contributed by atoms with van der Waals surface area (Å²) in [5, 5.41) is 2.38. The lowest BCUT2D eigenvalue weighted by Crippen LogP contribution is -2.69. The lowest BCUT2D eigenvalue weighted by Gasteiger charge is -2.53. The number of ketones is 1. The lowest BCUT2D eigenvalue weighted by atomic mass is 9.79. The summed E-state index contributed by atoms with van der Waals surface area (Å²) < 4.78 is 12.8. The zero-order valence-corrected chi connectivity index (χ0v) is 36.1. The molecule has 3 atom stereocenters. The molecule has 0 spiro atoms. The number of rotatable bonds is 15. The van der Waals surface area contributed by atoms with Gasteiger partial charge in [0.25, 0.3) is 0 Å². The van der Waals surface area contributed by atoms with Gasteiger partial charge in [0.2, 0.25) is 17.7 Å². The summed E-state index contributed by atoms with van der Waals surface area (Å²) >= 11 is 0. The van der Waals surface area contributed by atoms with Gasteiger partial charge in [0.05, 0.1) is 24.6 Å². The predicted molar refractivity (Wildman–Crippen MR) is 233 cm³/mol. The summed E-state index contributed by atoms with van der Waals surface area (Å²) in [5.41, 5.74) is 1.32. The Labute approximate surface area is 343 Å². The summed E-state index contributed by atoms with van der Waals surface area (Å²) in [5.74, 6) is -2.36. The van der Waals surface area contributed by atoms with Gasteiger partial charge in [-0.25, -0.2) is 4.79 Å². The maximum Gasteiger partial charge on any atom is 0.356 e. The Kier molecular flexibility index (Phi) is 12.7. The number of likely N-dealkylation sites (tertiary alicyclic amines) is 2. The number of hydrogen-bond acceptors (Lipinski definition) is 7. The molecule has 58 heavy (non-hydrogen) atoms. The Morgan fingerprint density at radius 3 is 1.74 bits per heavy atom. The van der Waals surface area contributed by atoms with Crippen LogP contribution in [0.25, 0.3) is 0 Å². The van der Waals surface area contributed by atoms with Crippen molar-refractivity contribution in [3.8, 4) is 0 Å². The van der Waals surface area contributed by atoms with Crippen LogP contribution in [-0.4, -0.2) is 71.8 Å². The quantitative estimate of drug-likeness (QED) is 0.0242. The number of imide groups is 1. The molecule has 0 saturated carbocycles. The average Bonchev–Trinajstić information content (AvgIpc) is 3.52.